The highest BCUT2D eigenvalue weighted by atomic mass is 32.1. The number of benzene rings is 7. The van der Waals surface area contributed by atoms with E-state index in [1.165, 1.54) is 53.6 Å². The third-order valence-electron chi connectivity index (χ3n) is 8.26. The fraction of sp³-hybridized carbons (Fsp3) is 0. The van der Waals surface area contributed by atoms with Crippen LogP contribution in [0.2, 0.25) is 0 Å². The normalized spacial score (nSPS) is 11.2. The number of nitrogens with zero attached hydrogens (tertiary/aromatic N) is 1. The lowest BCUT2D eigenvalue weighted by Crippen LogP contribution is -2.09. The molecule has 8 aromatic rings. The molecule has 1 aromatic heterocycles. The lowest BCUT2D eigenvalue weighted by Gasteiger charge is -2.26. The molecule has 0 N–H and O–H groups in total. The van der Waals surface area contributed by atoms with Crippen LogP contribution in [0.25, 0.3) is 53.6 Å². The summed E-state index contributed by atoms with van der Waals surface area (Å²) in [6, 6.07) is 63.4. The van der Waals surface area contributed by atoms with Crippen molar-refractivity contribution in [1.29, 1.82) is 0 Å². The minimum Gasteiger partial charge on any atom is -0.311 e. The second kappa shape index (κ2) is 11.3. The van der Waals surface area contributed by atoms with Gasteiger partial charge in [-0.05, 0) is 98.6 Å². The lowest BCUT2D eigenvalue weighted by molar-refractivity contribution is 1.28. The average molecular weight is 580 g/mol. The standard InChI is InChI=1S/C42H29NS/c1-3-9-30(10-4-1)32-15-21-38(22-16-32)43(39-23-17-33(18-24-39)31-11-5-2-6-12-31)40-25-19-34(20-26-40)41-29-37-27-35-13-7-8-14-36(35)28-42(37)44-41/h1-29H. The first kappa shape index (κ1) is 26.2. The molecular formula is C42H29NS. The predicted molar refractivity (Wildman–Crippen MR) is 190 cm³/mol. The molecule has 0 spiro atoms. The molecule has 0 saturated heterocycles. The van der Waals surface area contributed by atoms with Gasteiger partial charge in [-0.1, -0.05) is 121 Å². The number of hydrogen-bond donors (Lipinski definition) is 0. The zero-order chi connectivity index (χ0) is 29.3. The molecule has 0 unspecified atom stereocenters. The Bertz CT molecular complexity index is 2040. The van der Waals surface area contributed by atoms with Gasteiger partial charge in [-0.3, -0.25) is 0 Å². The SMILES string of the molecule is c1ccc(-c2ccc(N(c3ccc(-c4ccccc4)cc3)c3ccc(-c4cc5cc6ccccc6cc5s4)cc3)cc2)cc1. The van der Waals surface area contributed by atoms with Crippen LogP contribution in [0.3, 0.4) is 0 Å². The fourth-order valence-corrected chi connectivity index (χ4v) is 7.06. The van der Waals surface area contributed by atoms with Crippen molar-refractivity contribution < 1.29 is 0 Å². The van der Waals surface area contributed by atoms with E-state index in [-0.39, 0.29) is 0 Å². The van der Waals surface area contributed by atoms with Gasteiger partial charge < -0.3 is 4.90 Å². The Balaban J connectivity index is 1.16. The maximum atomic E-state index is 2.34. The summed E-state index contributed by atoms with van der Waals surface area (Å²) in [5.41, 5.74) is 9.47. The molecular weight excluding hydrogens is 551 g/mol. The molecule has 2 heteroatoms. The van der Waals surface area contributed by atoms with Crippen molar-refractivity contribution in [3.05, 3.63) is 176 Å². The molecule has 0 fully saturated rings. The maximum absolute atomic E-state index is 2.34. The Kier molecular flexibility index (Phi) is 6.75. The molecule has 1 heterocycles. The molecule has 0 radical (unpaired) electrons. The number of hydrogen-bond acceptors (Lipinski definition) is 2. The highest BCUT2D eigenvalue weighted by Gasteiger charge is 2.14. The van der Waals surface area contributed by atoms with E-state index < -0.39 is 0 Å². The molecule has 0 bridgehead atoms. The molecule has 0 amide bonds. The maximum Gasteiger partial charge on any atom is 0.0462 e. The van der Waals surface area contributed by atoms with Gasteiger partial charge in [0.2, 0.25) is 0 Å². The van der Waals surface area contributed by atoms with Gasteiger partial charge in [0.25, 0.3) is 0 Å². The predicted octanol–water partition coefficient (Wildman–Crippen LogP) is 12.5. The van der Waals surface area contributed by atoms with Crippen molar-refractivity contribution in [3.63, 3.8) is 0 Å². The van der Waals surface area contributed by atoms with Gasteiger partial charge in [-0.15, -0.1) is 11.3 Å². The molecule has 0 aliphatic carbocycles. The molecule has 0 aliphatic heterocycles. The van der Waals surface area contributed by atoms with E-state index in [2.05, 4.69) is 181 Å². The monoisotopic (exact) mass is 579 g/mol. The van der Waals surface area contributed by atoms with Crippen LogP contribution in [0.15, 0.2) is 176 Å². The summed E-state index contributed by atoms with van der Waals surface area (Å²) >= 11 is 1.86. The first-order valence-corrected chi connectivity index (χ1v) is 15.7. The van der Waals surface area contributed by atoms with Crippen LogP contribution in [-0.2, 0) is 0 Å². The smallest absolute Gasteiger partial charge is 0.0462 e. The molecule has 0 aliphatic rings. The topological polar surface area (TPSA) is 3.24 Å². The second-order valence-corrected chi connectivity index (χ2v) is 12.1. The van der Waals surface area contributed by atoms with E-state index in [1.54, 1.807) is 0 Å². The Morgan fingerprint density at radius 2 is 0.727 bits per heavy atom. The van der Waals surface area contributed by atoms with E-state index in [4.69, 9.17) is 0 Å². The molecule has 1 nitrogen and oxygen atoms in total. The third-order valence-corrected chi connectivity index (χ3v) is 9.41. The molecule has 0 atom stereocenters. The number of thiophene rings is 1. The number of anilines is 3. The molecule has 7 aromatic carbocycles. The molecule has 44 heavy (non-hydrogen) atoms. The highest BCUT2D eigenvalue weighted by molar-refractivity contribution is 7.22. The average Bonchev–Trinajstić information content (AvgIpc) is 3.52. The van der Waals surface area contributed by atoms with Gasteiger partial charge in [0.05, 0.1) is 0 Å². The minimum atomic E-state index is 1.12. The van der Waals surface area contributed by atoms with Crippen LogP contribution in [-0.4, -0.2) is 0 Å². The molecule has 0 saturated carbocycles. The summed E-state index contributed by atoms with van der Waals surface area (Å²) < 4.78 is 1.32. The Labute approximate surface area is 261 Å². The Hall–Kier alpha value is -5.44. The van der Waals surface area contributed by atoms with Crippen molar-refractivity contribution in [2.24, 2.45) is 0 Å². The van der Waals surface area contributed by atoms with Crippen LogP contribution >= 0.6 is 11.3 Å². The number of fused-ring (bicyclic) bond motifs is 2. The fourth-order valence-electron chi connectivity index (χ4n) is 5.96. The van der Waals surface area contributed by atoms with Crippen molar-refractivity contribution in [2.45, 2.75) is 0 Å². The van der Waals surface area contributed by atoms with Crippen molar-refractivity contribution >= 4 is 49.3 Å². The van der Waals surface area contributed by atoms with E-state index in [0.717, 1.165) is 17.1 Å². The third kappa shape index (κ3) is 5.06. The van der Waals surface area contributed by atoms with Gasteiger partial charge in [-0.25, -0.2) is 0 Å². The summed E-state index contributed by atoms with van der Waals surface area (Å²) in [4.78, 5) is 3.62. The van der Waals surface area contributed by atoms with Crippen molar-refractivity contribution in [1.82, 2.24) is 0 Å². The van der Waals surface area contributed by atoms with E-state index in [0.29, 0.717) is 0 Å². The van der Waals surface area contributed by atoms with Crippen LogP contribution in [0.1, 0.15) is 0 Å². The van der Waals surface area contributed by atoms with Gasteiger partial charge >= 0.3 is 0 Å². The Morgan fingerprint density at radius 1 is 0.318 bits per heavy atom. The van der Waals surface area contributed by atoms with Crippen LogP contribution in [0.4, 0.5) is 17.1 Å². The first-order chi connectivity index (χ1) is 21.8. The van der Waals surface area contributed by atoms with Crippen LogP contribution in [0.5, 0.6) is 0 Å². The summed E-state index contributed by atoms with van der Waals surface area (Å²) in [5.74, 6) is 0. The molecule has 8 rings (SSSR count). The first-order valence-electron chi connectivity index (χ1n) is 14.9. The Morgan fingerprint density at radius 3 is 1.23 bits per heavy atom. The van der Waals surface area contributed by atoms with Crippen molar-refractivity contribution in [2.75, 3.05) is 4.90 Å². The quantitative estimate of drug-likeness (QED) is 0.189. The van der Waals surface area contributed by atoms with Gasteiger partial charge in [0.1, 0.15) is 0 Å². The van der Waals surface area contributed by atoms with Gasteiger partial charge in [0.15, 0.2) is 0 Å². The van der Waals surface area contributed by atoms with E-state index in [1.807, 2.05) is 11.3 Å². The summed E-state index contributed by atoms with van der Waals surface area (Å²) in [6.07, 6.45) is 0. The lowest BCUT2D eigenvalue weighted by atomic mass is 10.0. The molecule has 208 valence electrons. The second-order valence-electron chi connectivity index (χ2n) is 11.1. The number of rotatable bonds is 6. The van der Waals surface area contributed by atoms with Crippen LogP contribution < -0.4 is 4.90 Å². The minimum absolute atomic E-state index is 1.12. The zero-order valence-electron chi connectivity index (χ0n) is 24.1. The van der Waals surface area contributed by atoms with Gasteiger partial charge in [-0.2, -0.15) is 0 Å². The van der Waals surface area contributed by atoms with Gasteiger partial charge in [0, 0.05) is 26.6 Å². The largest absolute Gasteiger partial charge is 0.311 e. The van der Waals surface area contributed by atoms with Crippen LogP contribution in [0, 0.1) is 0 Å². The highest BCUT2D eigenvalue weighted by Crippen LogP contribution is 2.40. The summed E-state index contributed by atoms with van der Waals surface area (Å²) in [5, 5.41) is 3.87. The summed E-state index contributed by atoms with van der Waals surface area (Å²) in [7, 11) is 0. The van der Waals surface area contributed by atoms with Crippen molar-refractivity contribution in [3.8, 4) is 32.7 Å². The summed E-state index contributed by atoms with van der Waals surface area (Å²) in [6.45, 7) is 0. The zero-order valence-corrected chi connectivity index (χ0v) is 24.9. The van der Waals surface area contributed by atoms with E-state index >= 15 is 0 Å². The van der Waals surface area contributed by atoms with E-state index in [9.17, 15) is 0 Å².